The van der Waals surface area contributed by atoms with Gasteiger partial charge in [0.05, 0.1) is 24.9 Å². The van der Waals surface area contributed by atoms with Crippen molar-refractivity contribution in [3.63, 3.8) is 0 Å². The lowest BCUT2D eigenvalue weighted by Crippen LogP contribution is -2.44. The van der Waals surface area contributed by atoms with Gasteiger partial charge in [0, 0.05) is 58.4 Å². The third-order valence-corrected chi connectivity index (χ3v) is 6.43. The minimum atomic E-state index is 0.284. The van der Waals surface area contributed by atoms with Gasteiger partial charge < -0.3 is 15.0 Å². The fourth-order valence-electron chi connectivity index (χ4n) is 4.98. The average molecular weight is 439 g/mol. The van der Waals surface area contributed by atoms with Gasteiger partial charge >= 0.3 is 0 Å². The Morgan fingerprint density at radius 1 is 1.16 bits per heavy atom. The van der Waals surface area contributed by atoms with Crippen LogP contribution in [0.1, 0.15) is 49.8 Å². The highest BCUT2D eigenvalue weighted by molar-refractivity contribution is 5.80. The van der Waals surface area contributed by atoms with Gasteiger partial charge in [0.25, 0.3) is 0 Å². The predicted octanol–water partition coefficient (Wildman–Crippen LogP) is 2.98. The number of hydrogen-bond donors (Lipinski definition) is 1. The molecule has 2 aliphatic heterocycles. The van der Waals surface area contributed by atoms with Crippen molar-refractivity contribution in [3.8, 4) is 0 Å². The number of rotatable bonds is 6. The van der Waals surface area contributed by atoms with Gasteiger partial charge in [-0.3, -0.25) is 9.58 Å². The minimum Gasteiger partial charge on any atom is -0.373 e. The van der Waals surface area contributed by atoms with Crippen molar-refractivity contribution in [2.24, 2.45) is 12.0 Å². The number of nitrogens with one attached hydrogen (secondary N) is 1. The molecule has 0 bridgehead atoms. The van der Waals surface area contributed by atoms with Crippen LogP contribution in [0.5, 0.6) is 0 Å². The Kier molecular flexibility index (Phi) is 7.48. The molecule has 2 fully saturated rings. The summed E-state index contributed by atoms with van der Waals surface area (Å²) in [6.07, 6.45) is 5.85. The van der Waals surface area contributed by atoms with E-state index in [-0.39, 0.29) is 12.2 Å². The SMILES string of the molecule is CCNC(=NCc1ccccc1CN1CC(C)OC(C)C1)N1CCC(c2cnn(C)c2)C1. The Bertz CT molecular complexity index is 899. The maximum Gasteiger partial charge on any atom is 0.194 e. The Labute approximate surface area is 192 Å². The lowest BCUT2D eigenvalue weighted by molar-refractivity contribution is -0.0705. The molecule has 1 aromatic heterocycles. The summed E-state index contributed by atoms with van der Waals surface area (Å²) in [4.78, 5) is 9.95. The van der Waals surface area contributed by atoms with Crippen LogP contribution < -0.4 is 5.32 Å². The van der Waals surface area contributed by atoms with Gasteiger partial charge in [-0.1, -0.05) is 24.3 Å². The largest absolute Gasteiger partial charge is 0.373 e. The van der Waals surface area contributed by atoms with E-state index in [0.717, 1.165) is 51.6 Å². The normalized spacial score (nSPS) is 24.8. The van der Waals surface area contributed by atoms with E-state index in [9.17, 15) is 0 Å². The number of aromatic nitrogens is 2. The van der Waals surface area contributed by atoms with Crippen molar-refractivity contribution in [1.29, 1.82) is 0 Å². The number of aryl methyl sites for hydroxylation is 1. The first-order chi connectivity index (χ1) is 15.5. The molecule has 0 aliphatic carbocycles. The molecule has 2 aliphatic rings. The quantitative estimate of drug-likeness (QED) is 0.555. The summed E-state index contributed by atoms with van der Waals surface area (Å²) in [6.45, 7) is 13.0. The minimum absolute atomic E-state index is 0.284. The molecule has 4 rings (SSSR count). The lowest BCUT2D eigenvalue weighted by Gasteiger charge is -2.35. The molecule has 0 spiro atoms. The van der Waals surface area contributed by atoms with Crippen molar-refractivity contribution in [2.45, 2.75) is 58.4 Å². The molecule has 32 heavy (non-hydrogen) atoms. The van der Waals surface area contributed by atoms with Crippen LogP contribution in [0.15, 0.2) is 41.7 Å². The summed E-state index contributed by atoms with van der Waals surface area (Å²) >= 11 is 0. The molecule has 3 atom stereocenters. The second-order valence-corrected chi connectivity index (χ2v) is 9.27. The number of aliphatic imine (C=N–C) groups is 1. The second-order valence-electron chi connectivity index (χ2n) is 9.27. The van der Waals surface area contributed by atoms with E-state index < -0.39 is 0 Å². The van der Waals surface area contributed by atoms with E-state index in [4.69, 9.17) is 9.73 Å². The van der Waals surface area contributed by atoms with Gasteiger partial charge in [0.1, 0.15) is 0 Å². The first kappa shape index (κ1) is 22.8. The fraction of sp³-hybridized carbons (Fsp3) is 0.600. The smallest absolute Gasteiger partial charge is 0.194 e. The van der Waals surface area contributed by atoms with Crippen molar-refractivity contribution < 1.29 is 4.74 Å². The van der Waals surface area contributed by atoms with Crippen LogP contribution in [-0.2, 0) is 24.9 Å². The van der Waals surface area contributed by atoms with Crippen LogP contribution in [0, 0.1) is 0 Å². The number of morpholine rings is 1. The van der Waals surface area contributed by atoms with E-state index in [1.807, 2.05) is 17.9 Å². The van der Waals surface area contributed by atoms with Crippen LogP contribution in [0.2, 0.25) is 0 Å². The van der Waals surface area contributed by atoms with Gasteiger partial charge in [0.15, 0.2) is 5.96 Å². The Hall–Kier alpha value is -2.38. The molecule has 0 saturated carbocycles. The first-order valence-electron chi connectivity index (χ1n) is 12.0. The van der Waals surface area contributed by atoms with Crippen molar-refractivity contribution >= 4 is 5.96 Å². The van der Waals surface area contributed by atoms with E-state index in [1.54, 1.807) is 0 Å². The predicted molar refractivity (Wildman–Crippen MR) is 129 cm³/mol. The number of benzene rings is 1. The highest BCUT2D eigenvalue weighted by Crippen LogP contribution is 2.27. The number of nitrogens with zero attached hydrogens (tertiary/aromatic N) is 5. The second kappa shape index (κ2) is 10.5. The molecule has 2 aromatic rings. The molecule has 2 saturated heterocycles. The van der Waals surface area contributed by atoms with Gasteiger partial charge in [-0.15, -0.1) is 0 Å². The van der Waals surface area contributed by atoms with Gasteiger partial charge in [-0.05, 0) is 43.9 Å². The molecule has 3 unspecified atom stereocenters. The zero-order valence-electron chi connectivity index (χ0n) is 20.0. The summed E-state index contributed by atoms with van der Waals surface area (Å²) in [6, 6.07) is 8.73. The Balaban J connectivity index is 1.43. The molecule has 7 heteroatoms. The van der Waals surface area contributed by atoms with Crippen LogP contribution in [0.4, 0.5) is 0 Å². The summed E-state index contributed by atoms with van der Waals surface area (Å²) in [5.74, 6) is 1.53. The van der Waals surface area contributed by atoms with Gasteiger partial charge in [-0.2, -0.15) is 5.10 Å². The maximum absolute atomic E-state index is 5.91. The van der Waals surface area contributed by atoms with Crippen molar-refractivity contribution in [1.82, 2.24) is 24.9 Å². The average Bonchev–Trinajstić information content (AvgIpc) is 3.40. The van der Waals surface area contributed by atoms with Gasteiger partial charge in [0.2, 0.25) is 0 Å². The van der Waals surface area contributed by atoms with Crippen LogP contribution in [0.3, 0.4) is 0 Å². The molecule has 174 valence electrons. The highest BCUT2D eigenvalue weighted by atomic mass is 16.5. The van der Waals surface area contributed by atoms with E-state index in [1.165, 1.54) is 16.7 Å². The number of guanidine groups is 1. The summed E-state index contributed by atoms with van der Waals surface area (Å²) < 4.78 is 7.80. The van der Waals surface area contributed by atoms with Crippen LogP contribution in [0.25, 0.3) is 0 Å². The maximum atomic E-state index is 5.91. The van der Waals surface area contributed by atoms with Crippen molar-refractivity contribution in [3.05, 3.63) is 53.3 Å². The zero-order valence-corrected chi connectivity index (χ0v) is 20.0. The molecular weight excluding hydrogens is 400 g/mol. The zero-order chi connectivity index (χ0) is 22.5. The molecule has 1 N–H and O–H groups in total. The van der Waals surface area contributed by atoms with Crippen LogP contribution in [-0.4, -0.2) is 70.5 Å². The number of hydrogen-bond acceptors (Lipinski definition) is 4. The molecular formula is C25H38N6O. The van der Waals surface area contributed by atoms with E-state index in [0.29, 0.717) is 12.5 Å². The fourth-order valence-corrected chi connectivity index (χ4v) is 4.98. The standard InChI is InChI=1S/C25H38N6O/c1-5-26-25(31-11-10-23(18-31)24-13-28-29(4)16-24)27-12-21-8-6-7-9-22(21)17-30-14-19(2)32-20(3)15-30/h6-9,13,16,19-20,23H,5,10-12,14-15,17-18H2,1-4H3,(H,26,27). The molecule has 3 heterocycles. The van der Waals surface area contributed by atoms with E-state index >= 15 is 0 Å². The number of likely N-dealkylation sites (tertiary alicyclic amines) is 1. The summed E-state index contributed by atoms with van der Waals surface area (Å²) in [7, 11) is 1.98. The highest BCUT2D eigenvalue weighted by Gasteiger charge is 2.27. The van der Waals surface area contributed by atoms with Gasteiger partial charge in [-0.25, -0.2) is 4.99 Å². The Morgan fingerprint density at radius 2 is 1.91 bits per heavy atom. The third kappa shape index (κ3) is 5.70. The van der Waals surface area contributed by atoms with Crippen molar-refractivity contribution in [2.75, 3.05) is 32.7 Å². The Morgan fingerprint density at radius 3 is 2.59 bits per heavy atom. The van der Waals surface area contributed by atoms with E-state index in [2.05, 4.69) is 71.4 Å². The number of ether oxygens (including phenoxy) is 1. The van der Waals surface area contributed by atoms with Crippen LogP contribution >= 0.6 is 0 Å². The molecule has 0 amide bonds. The monoisotopic (exact) mass is 438 g/mol. The summed E-state index contributed by atoms with van der Waals surface area (Å²) in [5.41, 5.74) is 3.99. The third-order valence-electron chi connectivity index (χ3n) is 6.43. The first-order valence-corrected chi connectivity index (χ1v) is 12.0. The topological polar surface area (TPSA) is 57.9 Å². The molecule has 1 aromatic carbocycles. The lowest BCUT2D eigenvalue weighted by atomic mass is 10.0. The molecule has 7 nitrogen and oxygen atoms in total. The summed E-state index contributed by atoms with van der Waals surface area (Å²) in [5, 5.41) is 7.86. The molecule has 0 radical (unpaired) electrons.